The van der Waals surface area contributed by atoms with Crippen molar-refractivity contribution >= 4 is 47.8 Å². The van der Waals surface area contributed by atoms with Crippen LogP contribution in [0.1, 0.15) is 68.2 Å². The summed E-state index contributed by atoms with van der Waals surface area (Å²) in [4.78, 5) is 60.9. The standard InChI is InChI=1S/C24H21F2N3O5.C16H14F2N2O2.C11H11N3O3.ClH/c1-32-16-7-9-27-15(11-16)13-34-24(31)29-21-8-10-33-22-17(21)3-2-4-18(22)23(30)28-14-5-6-19(25)20(26)12-14;17-12-5-4-9(8-13(12)18)20-16(21)11-3-1-2-10-14(19)6-7-22-15(10)11;1-16-10-2-3-13-9(6-10)7-17-11(15)14-5-4-12-8-14;/h2-7,9,11-12,21H,8,10,13H2,1H3,(H,28,30)(H,29,31);1-5,8,14H,6-7,19H2,(H,20,21);2-6,8H,7H2,1H3;1H/t21-;14-;;/m00../s1. The van der Waals surface area contributed by atoms with E-state index in [4.69, 9.17) is 34.2 Å². The Labute approximate surface area is 426 Å². The van der Waals surface area contributed by atoms with Gasteiger partial charge in [0, 0.05) is 90.4 Å². The first-order valence-electron chi connectivity index (χ1n) is 22.2. The van der Waals surface area contributed by atoms with Crippen LogP contribution in [-0.2, 0) is 22.7 Å². The molecule has 0 saturated heterocycles. The van der Waals surface area contributed by atoms with Gasteiger partial charge in [0.1, 0.15) is 42.5 Å². The number of hydrogen-bond donors (Lipinski definition) is 4. The summed E-state index contributed by atoms with van der Waals surface area (Å²) in [6.07, 6.45) is 7.55. The van der Waals surface area contributed by atoms with Gasteiger partial charge in [-0.1, -0.05) is 24.3 Å². The molecule has 4 aromatic carbocycles. The molecule has 5 N–H and O–H groups in total. The Balaban J connectivity index is 0.000000192. The fourth-order valence-electron chi connectivity index (χ4n) is 7.15. The van der Waals surface area contributed by atoms with Crippen molar-refractivity contribution < 1.29 is 65.2 Å². The Hall–Kier alpha value is -8.76. The highest BCUT2D eigenvalue weighted by molar-refractivity contribution is 6.07. The van der Waals surface area contributed by atoms with Gasteiger partial charge >= 0.3 is 12.2 Å². The number of nitrogens with zero attached hydrogens (tertiary/aromatic N) is 4. The summed E-state index contributed by atoms with van der Waals surface area (Å²) in [7, 11) is 3.10. The molecule has 74 heavy (non-hydrogen) atoms. The minimum Gasteiger partial charge on any atom is -0.497 e. The van der Waals surface area contributed by atoms with Crippen molar-refractivity contribution in [2.45, 2.75) is 38.1 Å². The van der Waals surface area contributed by atoms with Crippen molar-refractivity contribution in [1.82, 2.24) is 24.8 Å². The molecule has 7 aromatic rings. The number of hydrogen-bond acceptors (Lipinski definition) is 14. The molecule has 9 rings (SSSR count). The fraction of sp³-hybridized carbons (Fsp3) is 0.196. The highest BCUT2D eigenvalue weighted by Crippen LogP contribution is 2.36. The Kier molecular flexibility index (Phi) is 19.2. The number of anilines is 2. The second-order valence-electron chi connectivity index (χ2n) is 15.7. The number of benzene rings is 4. The number of nitrogens with one attached hydrogen (secondary N) is 3. The van der Waals surface area contributed by atoms with Gasteiger partial charge in [-0.05, 0) is 48.5 Å². The van der Waals surface area contributed by atoms with E-state index in [1.807, 2.05) is 6.07 Å². The maximum Gasteiger partial charge on any atom is 0.419 e. The van der Waals surface area contributed by atoms with Crippen LogP contribution in [-0.4, -0.2) is 71.0 Å². The lowest BCUT2D eigenvalue weighted by Crippen LogP contribution is -2.33. The molecule has 0 aliphatic carbocycles. The summed E-state index contributed by atoms with van der Waals surface area (Å²) in [6.45, 7) is 0.735. The van der Waals surface area contributed by atoms with Crippen LogP contribution in [0.25, 0.3) is 0 Å². The molecule has 0 spiro atoms. The van der Waals surface area contributed by atoms with Crippen LogP contribution in [0.4, 0.5) is 38.5 Å². The Morgan fingerprint density at radius 1 is 0.662 bits per heavy atom. The smallest absolute Gasteiger partial charge is 0.419 e. The van der Waals surface area contributed by atoms with Crippen LogP contribution in [0.3, 0.4) is 0 Å². The Bertz CT molecular complexity index is 3080. The highest BCUT2D eigenvalue weighted by atomic mass is 35.5. The second-order valence-corrected chi connectivity index (χ2v) is 15.7. The van der Waals surface area contributed by atoms with Gasteiger partial charge in [0.2, 0.25) is 0 Å². The van der Waals surface area contributed by atoms with Crippen molar-refractivity contribution in [3.8, 4) is 23.0 Å². The van der Waals surface area contributed by atoms with E-state index < -0.39 is 53.3 Å². The molecule has 0 fully saturated rings. The zero-order valence-electron chi connectivity index (χ0n) is 39.4. The maximum atomic E-state index is 13.5. The number of alkyl carbamates (subject to hydrolysis) is 1. The van der Waals surface area contributed by atoms with Crippen LogP contribution in [0.2, 0.25) is 0 Å². The molecule has 386 valence electrons. The van der Waals surface area contributed by atoms with Crippen LogP contribution in [0, 0.1) is 23.3 Å². The first-order chi connectivity index (χ1) is 35.3. The summed E-state index contributed by atoms with van der Waals surface area (Å²) < 4.78 is 85.7. The number of halogens is 5. The maximum absolute atomic E-state index is 13.5. The number of methoxy groups -OCH3 is 2. The predicted octanol–water partition coefficient (Wildman–Crippen LogP) is 9.26. The lowest BCUT2D eigenvalue weighted by molar-refractivity contribution is 0.101. The summed E-state index contributed by atoms with van der Waals surface area (Å²) in [5.41, 5.74) is 9.30. The van der Waals surface area contributed by atoms with Crippen molar-refractivity contribution in [1.29, 1.82) is 0 Å². The third-order valence-electron chi connectivity index (χ3n) is 10.8. The number of pyridine rings is 2. The Morgan fingerprint density at radius 2 is 1.19 bits per heavy atom. The van der Waals surface area contributed by atoms with Gasteiger partial charge < -0.3 is 50.1 Å². The molecule has 23 heteroatoms. The van der Waals surface area contributed by atoms with Gasteiger partial charge in [0.15, 0.2) is 23.3 Å². The van der Waals surface area contributed by atoms with E-state index >= 15 is 0 Å². The summed E-state index contributed by atoms with van der Waals surface area (Å²) >= 11 is 0. The van der Waals surface area contributed by atoms with Gasteiger partial charge in [-0.3, -0.25) is 19.6 Å². The monoisotopic (exact) mass is 1040 g/mol. The van der Waals surface area contributed by atoms with Gasteiger partial charge in [0.25, 0.3) is 11.8 Å². The number of rotatable bonds is 11. The van der Waals surface area contributed by atoms with Gasteiger partial charge in [-0.25, -0.2) is 36.7 Å². The van der Waals surface area contributed by atoms with Gasteiger partial charge in [0.05, 0.1) is 56.0 Å². The first-order valence-corrected chi connectivity index (χ1v) is 22.2. The van der Waals surface area contributed by atoms with Crippen molar-refractivity contribution in [2.75, 3.05) is 38.1 Å². The summed E-state index contributed by atoms with van der Waals surface area (Å²) in [5, 5.41) is 7.83. The molecule has 0 unspecified atom stereocenters. The fourth-order valence-corrected chi connectivity index (χ4v) is 7.15. The third kappa shape index (κ3) is 14.4. The average molecular weight is 1040 g/mol. The van der Waals surface area contributed by atoms with Crippen LogP contribution in [0.5, 0.6) is 23.0 Å². The number of fused-ring (bicyclic) bond motifs is 2. The van der Waals surface area contributed by atoms with E-state index in [-0.39, 0.29) is 55.2 Å². The number of amides is 3. The first kappa shape index (κ1) is 54.6. The molecule has 5 heterocycles. The minimum atomic E-state index is -1.07. The summed E-state index contributed by atoms with van der Waals surface area (Å²) in [6, 6.07) is 22.4. The molecular formula is C51H47ClF4N8O10. The molecule has 2 aliphatic heterocycles. The second kappa shape index (κ2) is 26.1. The largest absolute Gasteiger partial charge is 0.497 e. The Morgan fingerprint density at radius 3 is 1.72 bits per heavy atom. The molecule has 0 saturated carbocycles. The van der Waals surface area contributed by atoms with Crippen molar-refractivity contribution in [3.05, 3.63) is 185 Å². The highest BCUT2D eigenvalue weighted by Gasteiger charge is 2.28. The van der Waals surface area contributed by atoms with E-state index in [2.05, 4.69) is 30.9 Å². The number of carbonyl (C=O) groups is 4. The number of imidazole rings is 1. The number of ether oxygens (including phenoxy) is 6. The number of aromatic nitrogens is 4. The molecule has 0 bridgehead atoms. The normalized spacial score (nSPS) is 13.8. The van der Waals surface area contributed by atoms with E-state index in [0.717, 1.165) is 29.8 Å². The minimum absolute atomic E-state index is 0. The van der Waals surface area contributed by atoms with E-state index in [0.29, 0.717) is 65.0 Å². The van der Waals surface area contributed by atoms with Crippen LogP contribution in [0.15, 0.2) is 128 Å². The van der Waals surface area contributed by atoms with Crippen molar-refractivity contribution in [3.63, 3.8) is 0 Å². The topological polar surface area (TPSA) is 229 Å². The molecule has 2 aliphatic rings. The quantitative estimate of drug-likeness (QED) is 0.0886. The molecule has 2 atom stereocenters. The predicted molar refractivity (Wildman–Crippen MR) is 261 cm³/mol. The average Bonchev–Trinajstić information content (AvgIpc) is 3.96. The number of para-hydroxylation sites is 2. The lowest BCUT2D eigenvalue weighted by atomic mass is 9.97. The zero-order chi connectivity index (χ0) is 51.9. The van der Waals surface area contributed by atoms with E-state index in [1.54, 1.807) is 74.1 Å². The molecule has 0 radical (unpaired) electrons. The third-order valence-corrected chi connectivity index (χ3v) is 10.8. The number of carbonyl (C=O) groups excluding carboxylic acids is 4. The van der Waals surface area contributed by atoms with Crippen molar-refractivity contribution in [2.24, 2.45) is 5.73 Å². The SMILES string of the molecule is COc1ccnc(COC(=O)N[C@H]2CCOc3c(C(=O)Nc4ccc(F)c(F)c4)cccc32)c1.COc1ccnc(COC(=O)n2ccnc2)c1.Cl.N[C@H]1CCOc2c(C(=O)Nc3ccc(F)c(F)c3)cccc21. The van der Waals surface area contributed by atoms with Gasteiger partial charge in [-0.2, -0.15) is 0 Å². The van der Waals surface area contributed by atoms with E-state index in [1.165, 1.54) is 42.5 Å². The summed E-state index contributed by atoms with van der Waals surface area (Å²) in [5.74, 6) is -3.08. The zero-order valence-corrected chi connectivity index (χ0v) is 40.2. The molecule has 18 nitrogen and oxygen atoms in total. The molecular weight excluding hydrogens is 996 g/mol. The number of nitrogens with two attached hydrogens (primary N) is 1. The van der Waals surface area contributed by atoms with Crippen LogP contribution < -0.4 is 40.6 Å². The lowest BCUT2D eigenvalue weighted by Gasteiger charge is -2.27. The van der Waals surface area contributed by atoms with Crippen LogP contribution >= 0.6 is 12.4 Å². The van der Waals surface area contributed by atoms with Gasteiger partial charge in [-0.15, -0.1) is 12.4 Å². The molecule has 3 amide bonds. The molecule has 3 aromatic heterocycles. The van der Waals surface area contributed by atoms with E-state index in [9.17, 15) is 36.7 Å².